The monoisotopic (exact) mass is 309 g/mol. The molecule has 0 aliphatic carbocycles. The van der Waals surface area contributed by atoms with E-state index in [1.165, 1.54) is 0 Å². The third kappa shape index (κ3) is 4.10. The number of nitriles is 1. The van der Waals surface area contributed by atoms with Crippen LogP contribution >= 0.6 is 0 Å². The highest BCUT2D eigenvalue weighted by atomic mass is 16.5. The van der Waals surface area contributed by atoms with E-state index in [1.807, 2.05) is 32.9 Å². The Morgan fingerprint density at radius 1 is 1.04 bits per heavy atom. The molecule has 0 heterocycles. The lowest BCUT2D eigenvalue weighted by Crippen LogP contribution is -2.12. The molecule has 2 rings (SSSR count). The normalized spacial score (nSPS) is 10.0. The quantitative estimate of drug-likeness (QED) is 0.761. The molecule has 0 aliphatic rings. The van der Waals surface area contributed by atoms with E-state index in [2.05, 4.69) is 6.07 Å². The topological polar surface area (TPSA) is 59.3 Å². The van der Waals surface area contributed by atoms with Gasteiger partial charge in [-0.3, -0.25) is 4.79 Å². The summed E-state index contributed by atoms with van der Waals surface area (Å²) in [5, 5.41) is 8.94. The minimum absolute atomic E-state index is 0.0749. The molecule has 0 saturated heterocycles. The zero-order valence-electron chi connectivity index (χ0n) is 13.6. The molecule has 118 valence electrons. The van der Waals surface area contributed by atoms with Crippen LogP contribution in [-0.2, 0) is 0 Å². The van der Waals surface area contributed by atoms with Crippen LogP contribution in [0.15, 0.2) is 36.4 Å². The Bertz CT molecular complexity index is 760. The van der Waals surface area contributed by atoms with Gasteiger partial charge in [0.25, 0.3) is 0 Å². The van der Waals surface area contributed by atoms with Crippen molar-refractivity contribution in [2.45, 2.75) is 20.8 Å². The number of benzene rings is 2. The number of ether oxygens (including phenoxy) is 2. The van der Waals surface area contributed by atoms with Gasteiger partial charge in [0.05, 0.1) is 18.2 Å². The van der Waals surface area contributed by atoms with E-state index in [9.17, 15) is 4.79 Å². The number of ketones is 1. The summed E-state index contributed by atoms with van der Waals surface area (Å²) >= 11 is 0. The first kappa shape index (κ1) is 16.6. The molecule has 0 saturated carbocycles. The van der Waals surface area contributed by atoms with Gasteiger partial charge in [0.1, 0.15) is 0 Å². The molecule has 4 nitrogen and oxygen atoms in total. The summed E-state index contributed by atoms with van der Waals surface area (Å²) in [6.07, 6.45) is 0. The Kier molecular flexibility index (Phi) is 5.37. The van der Waals surface area contributed by atoms with Crippen LogP contribution in [0.3, 0.4) is 0 Å². The molecule has 0 N–H and O–H groups in total. The molecule has 0 aromatic heterocycles. The molecule has 0 fully saturated rings. The molecule has 0 atom stereocenters. The van der Waals surface area contributed by atoms with Gasteiger partial charge >= 0.3 is 0 Å². The van der Waals surface area contributed by atoms with Crippen LogP contribution in [0.25, 0.3) is 0 Å². The first-order valence-electron chi connectivity index (χ1n) is 7.45. The van der Waals surface area contributed by atoms with Gasteiger partial charge in [-0.05, 0) is 50.1 Å². The van der Waals surface area contributed by atoms with Crippen molar-refractivity contribution in [3.05, 3.63) is 58.7 Å². The van der Waals surface area contributed by atoms with Crippen molar-refractivity contribution >= 4 is 5.78 Å². The lowest BCUT2D eigenvalue weighted by molar-refractivity contribution is 0.0919. The van der Waals surface area contributed by atoms with E-state index in [4.69, 9.17) is 14.7 Å². The largest absolute Gasteiger partial charge is 0.490 e. The number of Topliss-reactive ketones (excluding diaryl/α,β-unsaturated/α-hetero) is 1. The van der Waals surface area contributed by atoms with Gasteiger partial charge < -0.3 is 9.47 Å². The van der Waals surface area contributed by atoms with Crippen molar-refractivity contribution in [1.82, 2.24) is 0 Å². The summed E-state index contributed by atoms with van der Waals surface area (Å²) in [6.45, 7) is 6.21. The Morgan fingerprint density at radius 3 is 2.48 bits per heavy atom. The van der Waals surface area contributed by atoms with Gasteiger partial charge in [0, 0.05) is 11.6 Å². The summed E-state index contributed by atoms with van der Waals surface area (Å²) < 4.78 is 11.1. The van der Waals surface area contributed by atoms with Crippen LogP contribution in [0.1, 0.15) is 34.0 Å². The molecule has 0 aliphatic heterocycles. The van der Waals surface area contributed by atoms with Crippen LogP contribution in [-0.4, -0.2) is 19.0 Å². The number of aryl methyl sites for hydroxylation is 2. The van der Waals surface area contributed by atoms with Crippen molar-refractivity contribution in [2.24, 2.45) is 0 Å². The smallest absolute Gasteiger partial charge is 0.200 e. The first-order valence-corrected chi connectivity index (χ1v) is 7.45. The molecule has 0 bridgehead atoms. The third-order valence-electron chi connectivity index (χ3n) is 3.56. The minimum Gasteiger partial charge on any atom is -0.490 e. The number of carbonyl (C=O) groups is 1. The number of rotatable bonds is 6. The highest BCUT2D eigenvalue weighted by Gasteiger charge is 2.11. The van der Waals surface area contributed by atoms with E-state index < -0.39 is 0 Å². The first-order chi connectivity index (χ1) is 11.0. The van der Waals surface area contributed by atoms with Crippen molar-refractivity contribution in [1.29, 1.82) is 5.26 Å². The van der Waals surface area contributed by atoms with Gasteiger partial charge in [0.15, 0.2) is 23.9 Å². The molecule has 4 heteroatoms. The minimum atomic E-state index is -0.0973. The Hall–Kier alpha value is -2.80. The summed E-state index contributed by atoms with van der Waals surface area (Å²) in [5.74, 6) is 0.836. The predicted octanol–water partition coefficient (Wildman–Crippen LogP) is 3.84. The highest BCUT2D eigenvalue weighted by Crippen LogP contribution is 2.28. The molecule has 0 unspecified atom stereocenters. The lowest BCUT2D eigenvalue weighted by atomic mass is 10.0. The standard InChI is InChI=1S/C19H19NO3/c1-4-22-19-10-15(11-20)6-8-18(19)23-12-17(21)16-7-5-13(2)14(3)9-16/h5-10H,4,12H2,1-3H3. The van der Waals surface area contributed by atoms with E-state index in [0.717, 1.165) is 11.1 Å². The fourth-order valence-corrected chi connectivity index (χ4v) is 2.11. The second kappa shape index (κ2) is 7.46. The van der Waals surface area contributed by atoms with Crippen LogP contribution in [0, 0.1) is 25.2 Å². The number of hydrogen-bond acceptors (Lipinski definition) is 4. The Labute approximate surface area is 136 Å². The second-order valence-electron chi connectivity index (χ2n) is 5.22. The summed E-state index contributed by atoms with van der Waals surface area (Å²) in [7, 11) is 0. The molecule has 0 amide bonds. The van der Waals surface area contributed by atoms with Crippen LogP contribution < -0.4 is 9.47 Å². The van der Waals surface area contributed by atoms with Gasteiger partial charge in [-0.1, -0.05) is 12.1 Å². The highest BCUT2D eigenvalue weighted by molar-refractivity contribution is 5.97. The molecule has 23 heavy (non-hydrogen) atoms. The summed E-state index contributed by atoms with van der Waals surface area (Å²) in [6, 6.07) is 12.5. The molecular formula is C19H19NO3. The van der Waals surface area contributed by atoms with Crippen LogP contribution in [0.4, 0.5) is 0 Å². The average Bonchev–Trinajstić information content (AvgIpc) is 2.56. The van der Waals surface area contributed by atoms with Crippen molar-refractivity contribution in [3.63, 3.8) is 0 Å². The number of hydrogen-bond donors (Lipinski definition) is 0. The Balaban J connectivity index is 2.12. The molecule has 0 radical (unpaired) electrons. The van der Waals surface area contributed by atoms with Crippen LogP contribution in [0.2, 0.25) is 0 Å². The maximum absolute atomic E-state index is 12.3. The predicted molar refractivity (Wildman–Crippen MR) is 88.1 cm³/mol. The summed E-state index contributed by atoms with van der Waals surface area (Å²) in [5.41, 5.74) is 3.33. The van der Waals surface area contributed by atoms with Crippen molar-refractivity contribution < 1.29 is 14.3 Å². The van der Waals surface area contributed by atoms with Gasteiger partial charge in [-0.25, -0.2) is 0 Å². The van der Waals surface area contributed by atoms with Crippen LogP contribution in [0.5, 0.6) is 11.5 Å². The molecule has 2 aromatic rings. The maximum atomic E-state index is 12.3. The van der Waals surface area contributed by atoms with Gasteiger partial charge in [-0.2, -0.15) is 5.26 Å². The SMILES string of the molecule is CCOc1cc(C#N)ccc1OCC(=O)c1ccc(C)c(C)c1. The zero-order valence-corrected chi connectivity index (χ0v) is 13.6. The molecule has 0 spiro atoms. The Morgan fingerprint density at radius 2 is 1.83 bits per heavy atom. The van der Waals surface area contributed by atoms with Crippen molar-refractivity contribution in [2.75, 3.05) is 13.2 Å². The van der Waals surface area contributed by atoms with Crippen molar-refractivity contribution in [3.8, 4) is 17.6 Å². The van der Waals surface area contributed by atoms with Gasteiger partial charge in [-0.15, -0.1) is 0 Å². The van der Waals surface area contributed by atoms with E-state index in [0.29, 0.717) is 29.2 Å². The fourth-order valence-electron chi connectivity index (χ4n) is 2.11. The van der Waals surface area contributed by atoms with E-state index in [1.54, 1.807) is 24.3 Å². The maximum Gasteiger partial charge on any atom is 0.200 e. The van der Waals surface area contributed by atoms with E-state index >= 15 is 0 Å². The summed E-state index contributed by atoms with van der Waals surface area (Å²) in [4.78, 5) is 12.3. The fraction of sp³-hybridized carbons (Fsp3) is 0.263. The third-order valence-corrected chi connectivity index (χ3v) is 3.56. The number of nitrogens with zero attached hydrogens (tertiary/aromatic N) is 1. The number of carbonyl (C=O) groups excluding carboxylic acids is 1. The zero-order chi connectivity index (χ0) is 16.8. The molecular weight excluding hydrogens is 290 g/mol. The average molecular weight is 309 g/mol. The van der Waals surface area contributed by atoms with Gasteiger partial charge in [0.2, 0.25) is 0 Å². The second-order valence-corrected chi connectivity index (χ2v) is 5.22. The lowest BCUT2D eigenvalue weighted by Gasteiger charge is -2.12. The molecule has 2 aromatic carbocycles. The van der Waals surface area contributed by atoms with E-state index in [-0.39, 0.29) is 12.4 Å².